The molecular weight excluding hydrogens is 297 g/mol. The second-order valence-corrected chi connectivity index (χ2v) is 5.36. The van der Waals surface area contributed by atoms with Crippen LogP contribution < -0.4 is 5.73 Å². The zero-order valence-corrected chi connectivity index (χ0v) is 13.2. The van der Waals surface area contributed by atoms with Crippen molar-refractivity contribution in [2.45, 2.75) is 38.6 Å². The van der Waals surface area contributed by atoms with E-state index in [9.17, 15) is 0 Å². The van der Waals surface area contributed by atoms with Gasteiger partial charge in [0.05, 0.1) is 5.54 Å². The van der Waals surface area contributed by atoms with Crippen LogP contribution in [0.15, 0.2) is 28.8 Å². The molecule has 2 aromatic rings. The zero-order valence-electron chi connectivity index (χ0n) is 11.6. The maximum Gasteiger partial charge on any atom is 0.246 e. The van der Waals surface area contributed by atoms with Crippen molar-refractivity contribution in [2.75, 3.05) is 0 Å². The van der Waals surface area contributed by atoms with E-state index in [1.807, 2.05) is 31.2 Å². The molecule has 20 heavy (non-hydrogen) atoms. The van der Waals surface area contributed by atoms with E-state index in [-0.39, 0.29) is 12.4 Å². The van der Waals surface area contributed by atoms with Crippen LogP contribution in [-0.2, 0) is 12.0 Å². The van der Waals surface area contributed by atoms with E-state index in [1.54, 1.807) is 0 Å². The molecule has 0 radical (unpaired) electrons. The van der Waals surface area contributed by atoms with E-state index < -0.39 is 5.54 Å². The van der Waals surface area contributed by atoms with E-state index in [1.165, 1.54) is 0 Å². The number of nitrogens with zero attached hydrogens (tertiary/aromatic N) is 2. The minimum Gasteiger partial charge on any atom is -0.337 e. The third kappa shape index (κ3) is 3.95. The molecule has 0 aliphatic heterocycles. The van der Waals surface area contributed by atoms with Gasteiger partial charge in [-0.25, -0.2) is 0 Å². The Morgan fingerprint density at radius 2 is 2.05 bits per heavy atom. The van der Waals surface area contributed by atoms with Crippen LogP contribution in [0, 0.1) is 0 Å². The Labute approximate surface area is 130 Å². The van der Waals surface area contributed by atoms with Crippen molar-refractivity contribution in [3.8, 4) is 0 Å². The van der Waals surface area contributed by atoms with Gasteiger partial charge in [0.25, 0.3) is 0 Å². The van der Waals surface area contributed by atoms with Gasteiger partial charge in [0.1, 0.15) is 0 Å². The summed E-state index contributed by atoms with van der Waals surface area (Å²) in [7, 11) is 0. The number of hydrogen-bond donors (Lipinski definition) is 1. The summed E-state index contributed by atoms with van der Waals surface area (Å²) < 4.78 is 5.26. The number of hydrogen-bond acceptors (Lipinski definition) is 4. The van der Waals surface area contributed by atoms with Crippen LogP contribution in [0.2, 0.25) is 5.02 Å². The summed E-state index contributed by atoms with van der Waals surface area (Å²) in [6, 6.07) is 7.63. The Kier molecular flexibility index (Phi) is 5.99. The monoisotopic (exact) mass is 315 g/mol. The van der Waals surface area contributed by atoms with Gasteiger partial charge in [0.2, 0.25) is 5.89 Å². The van der Waals surface area contributed by atoms with E-state index in [0.717, 1.165) is 18.4 Å². The lowest BCUT2D eigenvalue weighted by atomic mass is 9.98. The Bertz CT molecular complexity index is 555. The molecule has 0 amide bonds. The molecule has 1 heterocycles. The molecule has 0 aliphatic carbocycles. The Balaban J connectivity index is 0.00000200. The van der Waals surface area contributed by atoms with E-state index in [4.69, 9.17) is 21.9 Å². The molecule has 1 aromatic heterocycles. The molecule has 0 spiro atoms. The van der Waals surface area contributed by atoms with Gasteiger partial charge in [0.15, 0.2) is 5.82 Å². The summed E-state index contributed by atoms with van der Waals surface area (Å²) in [6.07, 6.45) is 2.32. The maximum atomic E-state index is 6.16. The molecule has 110 valence electrons. The lowest BCUT2D eigenvalue weighted by Crippen LogP contribution is -2.33. The van der Waals surface area contributed by atoms with Crippen LogP contribution in [-0.4, -0.2) is 10.1 Å². The molecule has 1 aromatic carbocycles. The van der Waals surface area contributed by atoms with Crippen molar-refractivity contribution in [3.05, 3.63) is 46.6 Å². The first-order valence-electron chi connectivity index (χ1n) is 6.38. The van der Waals surface area contributed by atoms with Crippen molar-refractivity contribution in [1.82, 2.24) is 10.1 Å². The molecule has 2 N–H and O–H groups in total. The van der Waals surface area contributed by atoms with Gasteiger partial charge in [-0.3, -0.25) is 0 Å². The fourth-order valence-electron chi connectivity index (χ4n) is 2.00. The number of halogens is 2. The van der Waals surface area contributed by atoms with Crippen LogP contribution >= 0.6 is 24.0 Å². The largest absolute Gasteiger partial charge is 0.337 e. The van der Waals surface area contributed by atoms with Gasteiger partial charge in [-0.15, -0.1) is 12.4 Å². The average molecular weight is 316 g/mol. The summed E-state index contributed by atoms with van der Waals surface area (Å²) >= 11 is 6.11. The molecule has 4 nitrogen and oxygen atoms in total. The third-order valence-electron chi connectivity index (χ3n) is 3.03. The molecular formula is C14H19Cl2N3O. The van der Waals surface area contributed by atoms with Gasteiger partial charge in [-0.2, -0.15) is 4.98 Å². The van der Waals surface area contributed by atoms with Gasteiger partial charge in [-0.05, 0) is 25.0 Å². The van der Waals surface area contributed by atoms with Gasteiger partial charge < -0.3 is 10.3 Å². The summed E-state index contributed by atoms with van der Waals surface area (Å²) in [5.74, 6) is 1.09. The fraction of sp³-hybridized carbons (Fsp3) is 0.429. The molecule has 6 heteroatoms. The molecule has 0 fully saturated rings. The second kappa shape index (κ2) is 7.07. The summed E-state index contributed by atoms with van der Waals surface area (Å²) in [4.78, 5) is 4.38. The molecule has 1 atom stereocenters. The highest BCUT2D eigenvalue weighted by atomic mass is 35.5. The molecule has 0 saturated heterocycles. The summed E-state index contributed by atoms with van der Waals surface area (Å²) in [6.45, 7) is 3.98. The maximum absolute atomic E-state index is 6.16. The van der Waals surface area contributed by atoms with Gasteiger partial charge in [-0.1, -0.05) is 48.3 Å². The van der Waals surface area contributed by atoms with E-state index in [2.05, 4.69) is 17.1 Å². The third-order valence-corrected chi connectivity index (χ3v) is 3.40. The normalized spacial score (nSPS) is 13.6. The average Bonchev–Trinajstić information content (AvgIpc) is 2.81. The van der Waals surface area contributed by atoms with Crippen LogP contribution in [0.3, 0.4) is 0 Å². The first-order valence-corrected chi connectivity index (χ1v) is 6.76. The fourth-order valence-corrected chi connectivity index (χ4v) is 2.20. The number of rotatable bonds is 5. The van der Waals surface area contributed by atoms with Crippen molar-refractivity contribution >= 4 is 24.0 Å². The number of benzene rings is 1. The molecule has 2 rings (SSSR count). The number of nitrogens with two attached hydrogens (primary N) is 1. The second-order valence-electron chi connectivity index (χ2n) is 4.95. The standard InChI is InChI=1S/C14H18ClN3O.ClH/c1-3-8-14(2,16)13-17-12(18-19-13)9-10-6-4-5-7-11(10)15;/h4-7H,3,8-9,16H2,1-2H3;1H. The summed E-state index contributed by atoms with van der Waals surface area (Å²) in [5.41, 5.74) is 6.57. The van der Waals surface area contributed by atoms with Crippen LogP contribution in [0.25, 0.3) is 0 Å². The van der Waals surface area contributed by atoms with E-state index in [0.29, 0.717) is 23.2 Å². The molecule has 0 saturated carbocycles. The molecule has 0 bridgehead atoms. The Hall–Kier alpha value is -1.10. The lowest BCUT2D eigenvalue weighted by molar-refractivity contribution is 0.282. The highest BCUT2D eigenvalue weighted by Gasteiger charge is 2.27. The highest BCUT2D eigenvalue weighted by molar-refractivity contribution is 6.31. The Morgan fingerprint density at radius 1 is 1.35 bits per heavy atom. The smallest absolute Gasteiger partial charge is 0.246 e. The lowest BCUT2D eigenvalue weighted by Gasteiger charge is -2.18. The Morgan fingerprint density at radius 3 is 2.70 bits per heavy atom. The van der Waals surface area contributed by atoms with Crippen molar-refractivity contribution in [2.24, 2.45) is 5.73 Å². The predicted molar refractivity (Wildman–Crippen MR) is 82.3 cm³/mol. The molecule has 1 unspecified atom stereocenters. The first kappa shape index (κ1) is 17.0. The van der Waals surface area contributed by atoms with Crippen molar-refractivity contribution < 1.29 is 4.52 Å². The first-order chi connectivity index (χ1) is 9.03. The van der Waals surface area contributed by atoms with Gasteiger partial charge in [0, 0.05) is 11.4 Å². The van der Waals surface area contributed by atoms with Crippen LogP contribution in [0.1, 0.15) is 44.0 Å². The summed E-state index contributed by atoms with van der Waals surface area (Å²) in [5, 5.41) is 4.68. The van der Waals surface area contributed by atoms with Gasteiger partial charge >= 0.3 is 0 Å². The van der Waals surface area contributed by atoms with Crippen LogP contribution in [0.5, 0.6) is 0 Å². The predicted octanol–water partition coefficient (Wildman–Crippen LogP) is 3.71. The van der Waals surface area contributed by atoms with Crippen molar-refractivity contribution in [3.63, 3.8) is 0 Å². The highest BCUT2D eigenvalue weighted by Crippen LogP contribution is 2.23. The quantitative estimate of drug-likeness (QED) is 0.913. The SMILES string of the molecule is CCCC(C)(N)c1nc(Cc2ccccc2Cl)no1.Cl. The number of aromatic nitrogens is 2. The molecule has 0 aliphatic rings. The van der Waals surface area contributed by atoms with E-state index >= 15 is 0 Å². The minimum atomic E-state index is -0.569. The topological polar surface area (TPSA) is 64.9 Å². The van der Waals surface area contributed by atoms with Crippen molar-refractivity contribution in [1.29, 1.82) is 0 Å². The minimum absolute atomic E-state index is 0. The van der Waals surface area contributed by atoms with Crippen LogP contribution in [0.4, 0.5) is 0 Å². The zero-order chi connectivity index (χ0) is 13.9.